The molecule has 0 fully saturated rings. The van der Waals surface area contributed by atoms with Crippen LogP contribution in [-0.4, -0.2) is 28.7 Å². The summed E-state index contributed by atoms with van der Waals surface area (Å²) in [6.07, 6.45) is 3.89. The number of hydrogen-bond acceptors (Lipinski definition) is 4. The Labute approximate surface area is 141 Å². The predicted molar refractivity (Wildman–Crippen MR) is 94.5 cm³/mol. The summed E-state index contributed by atoms with van der Waals surface area (Å²) in [7, 11) is 0. The molecule has 1 unspecified atom stereocenters. The van der Waals surface area contributed by atoms with Gasteiger partial charge in [0, 0.05) is 13.1 Å². The highest BCUT2D eigenvalue weighted by Gasteiger charge is 2.14. The van der Waals surface area contributed by atoms with Crippen LogP contribution < -0.4 is 10.6 Å². The molecule has 0 bridgehead atoms. The van der Waals surface area contributed by atoms with Gasteiger partial charge in [-0.2, -0.15) is 0 Å². The molecule has 1 heterocycles. The zero-order chi connectivity index (χ0) is 16.5. The predicted octanol–water partition coefficient (Wildman–Crippen LogP) is 3.18. The lowest BCUT2D eigenvalue weighted by molar-refractivity contribution is 0.230. The molecule has 0 spiro atoms. The van der Waals surface area contributed by atoms with E-state index in [4.69, 9.17) is 17.0 Å². The van der Waals surface area contributed by atoms with E-state index in [1.54, 1.807) is 31.5 Å². The van der Waals surface area contributed by atoms with E-state index in [0.717, 1.165) is 5.56 Å². The highest BCUT2D eigenvalue weighted by molar-refractivity contribution is 7.80. The van der Waals surface area contributed by atoms with Gasteiger partial charge in [-0.05, 0) is 36.3 Å². The third-order valence-electron chi connectivity index (χ3n) is 3.07. The largest absolute Gasteiger partial charge is 0.485 e. The molecule has 2 amide bonds. The Bertz CT molecular complexity index is 635. The second-order valence-electron chi connectivity index (χ2n) is 5.03. The molecule has 2 rings (SSSR count). The van der Waals surface area contributed by atoms with E-state index < -0.39 is 0 Å². The van der Waals surface area contributed by atoms with E-state index >= 15 is 0 Å². The Morgan fingerprint density at radius 2 is 2.04 bits per heavy atom. The van der Waals surface area contributed by atoms with Gasteiger partial charge in [-0.1, -0.05) is 30.3 Å². The quantitative estimate of drug-likeness (QED) is 0.799. The molecule has 0 aliphatic rings. The van der Waals surface area contributed by atoms with E-state index in [0.29, 0.717) is 23.8 Å². The molecule has 23 heavy (non-hydrogen) atoms. The SMILES string of the molecule is CC(=S)OCC(Cc1ccccc1)NC(=O)Nc1cccnc1. The number of benzene rings is 1. The number of amides is 2. The smallest absolute Gasteiger partial charge is 0.319 e. The van der Waals surface area contributed by atoms with E-state index in [9.17, 15) is 4.79 Å². The highest BCUT2D eigenvalue weighted by atomic mass is 32.1. The van der Waals surface area contributed by atoms with Gasteiger partial charge in [0.1, 0.15) is 6.61 Å². The van der Waals surface area contributed by atoms with Gasteiger partial charge in [0.25, 0.3) is 0 Å². The number of rotatable bonds is 6. The zero-order valence-corrected chi connectivity index (χ0v) is 13.7. The second kappa shape index (κ2) is 8.85. The van der Waals surface area contributed by atoms with Crippen molar-refractivity contribution in [1.29, 1.82) is 0 Å². The Morgan fingerprint density at radius 1 is 1.26 bits per heavy atom. The molecule has 5 nitrogen and oxygen atoms in total. The Morgan fingerprint density at radius 3 is 2.70 bits per heavy atom. The number of pyridine rings is 1. The standard InChI is InChI=1S/C17H19N3O2S/c1-13(23)22-12-16(10-14-6-3-2-4-7-14)20-17(21)19-15-8-5-9-18-11-15/h2-9,11,16H,10,12H2,1H3,(H2,19,20,21). The van der Waals surface area contributed by atoms with Crippen LogP contribution in [0.3, 0.4) is 0 Å². The van der Waals surface area contributed by atoms with Crippen LogP contribution in [0, 0.1) is 0 Å². The summed E-state index contributed by atoms with van der Waals surface area (Å²) in [4.78, 5) is 16.1. The van der Waals surface area contributed by atoms with Crippen LogP contribution in [0.2, 0.25) is 0 Å². The molecular weight excluding hydrogens is 310 g/mol. The number of carbonyl (C=O) groups is 1. The minimum Gasteiger partial charge on any atom is -0.485 e. The van der Waals surface area contributed by atoms with Crippen LogP contribution in [0.1, 0.15) is 12.5 Å². The van der Waals surface area contributed by atoms with Gasteiger partial charge in [0.05, 0.1) is 17.9 Å². The van der Waals surface area contributed by atoms with Crippen molar-refractivity contribution in [2.24, 2.45) is 0 Å². The van der Waals surface area contributed by atoms with Crippen LogP contribution in [0.4, 0.5) is 10.5 Å². The fourth-order valence-corrected chi connectivity index (χ4v) is 2.13. The van der Waals surface area contributed by atoms with Crippen molar-refractivity contribution in [2.75, 3.05) is 11.9 Å². The molecule has 0 aliphatic heterocycles. The summed E-state index contributed by atoms with van der Waals surface area (Å²) in [6.45, 7) is 2.04. The summed E-state index contributed by atoms with van der Waals surface area (Å²) < 4.78 is 5.40. The fourth-order valence-electron chi connectivity index (χ4n) is 2.06. The van der Waals surface area contributed by atoms with Gasteiger partial charge in [-0.15, -0.1) is 0 Å². The number of thiocarbonyl (C=S) groups is 1. The van der Waals surface area contributed by atoms with Gasteiger partial charge in [0.15, 0.2) is 5.05 Å². The van der Waals surface area contributed by atoms with Gasteiger partial charge in [0.2, 0.25) is 0 Å². The molecule has 1 aromatic heterocycles. The number of ether oxygens (including phenoxy) is 1. The summed E-state index contributed by atoms with van der Waals surface area (Å²) in [5.74, 6) is 0. The van der Waals surface area contributed by atoms with Crippen LogP contribution in [-0.2, 0) is 11.2 Å². The van der Waals surface area contributed by atoms with Crippen molar-refractivity contribution in [3.05, 3.63) is 60.4 Å². The molecule has 0 saturated heterocycles. The van der Waals surface area contributed by atoms with Crippen molar-refractivity contribution in [2.45, 2.75) is 19.4 Å². The molecular formula is C17H19N3O2S. The first kappa shape index (κ1) is 16.9. The number of carbonyl (C=O) groups excluding carboxylic acids is 1. The third-order valence-corrected chi connectivity index (χ3v) is 3.19. The van der Waals surface area contributed by atoms with Crippen LogP contribution in [0.15, 0.2) is 54.9 Å². The first-order chi connectivity index (χ1) is 11.1. The maximum absolute atomic E-state index is 12.1. The van der Waals surface area contributed by atoms with Crippen molar-refractivity contribution in [3.63, 3.8) is 0 Å². The minimum atomic E-state index is -0.301. The average Bonchev–Trinajstić information content (AvgIpc) is 2.54. The molecule has 1 aromatic carbocycles. The Kier molecular flexibility index (Phi) is 6.50. The first-order valence-electron chi connectivity index (χ1n) is 7.28. The van der Waals surface area contributed by atoms with Gasteiger partial charge >= 0.3 is 6.03 Å². The van der Waals surface area contributed by atoms with E-state index in [1.165, 1.54) is 0 Å². The monoisotopic (exact) mass is 329 g/mol. The van der Waals surface area contributed by atoms with E-state index in [2.05, 4.69) is 15.6 Å². The summed E-state index contributed by atoms with van der Waals surface area (Å²) in [5, 5.41) is 6.11. The van der Waals surface area contributed by atoms with Gasteiger partial charge < -0.3 is 15.4 Å². The number of urea groups is 1. The normalized spacial score (nSPS) is 11.3. The second-order valence-corrected chi connectivity index (χ2v) is 5.60. The van der Waals surface area contributed by atoms with Crippen molar-refractivity contribution < 1.29 is 9.53 Å². The van der Waals surface area contributed by atoms with E-state index in [-0.39, 0.29) is 12.1 Å². The number of nitrogens with one attached hydrogen (secondary N) is 2. The first-order valence-corrected chi connectivity index (χ1v) is 7.69. The lowest BCUT2D eigenvalue weighted by Gasteiger charge is -2.19. The number of nitrogens with zero attached hydrogens (tertiary/aromatic N) is 1. The summed E-state index contributed by atoms with van der Waals surface area (Å²) in [6, 6.07) is 13.0. The average molecular weight is 329 g/mol. The summed E-state index contributed by atoms with van der Waals surface area (Å²) >= 11 is 4.94. The van der Waals surface area contributed by atoms with E-state index in [1.807, 2.05) is 30.3 Å². The maximum atomic E-state index is 12.1. The lowest BCUT2D eigenvalue weighted by atomic mass is 10.1. The van der Waals surface area contributed by atoms with Crippen LogP contribution >= 0.6 is 12.2 Å². The minimum absolute atomic E-state index is 0.188. The maximum Gasteiger partial charge on any atom is 0.319 e. The van der Waals surface area contributed by atoms with Crippen molar-refractivity contribution in [3.8, 4) is 0 Å². The van der Waals surface area contributed by atoms with Crippen molar-refractivity contribution >= 4 is 29.0 Å². The molecule has 2 N–H and O–H groups in total. The van der Waals surface area contributed by atoms with Crippen molar-refractivity contribution in [1.82, 2.24) is 10.3 Å². The molecule has 0 saturated carbocycles. The molecule has 6 heteroatoms. The van der Waals surface area contributed by atoms with Crippen LogP contribution in [0.25, 0.3) is 0 Å². The highest BCUT2D eigenvalue weighted by Crippen LogP contribution is 2.06. The van der Waals surface area contributed by atoms with Gasteiger partial charge in [-0.3, -0.25) is 4.98 Å². The topological polar surface area (TPSA) is 63.2 Å². The number of hydrogen-bond donors (Lipinski definition) is 2. The lowest BCUT2D eigenvalue weighted by Crippen LogP contribution is -2.42. The third kappa shape index (κ3) is 6.44. The Hall–Kier alpha value is -2.47. The Balaban J connectivity index is 1.95. The molecule has 120 valence electrons. The molecule has 0 aliphatic carbocycles. The fraction of sp³-hybridized carbons (Fsp3) is 0.235. The summed E-state index contributed by atoms with van der Waals surface area (Å²) in [5.41, 5.74) is 1.75. The molecule has 1 atom stereocenters. The molecule has 2 aromatic rings. The number of anilines is 1. The number of aromatic nitrogens is 1. The molecule has 0 radical (unpaired) electrons. The zero-order valence-electron chi connectivity index (χ0n) is 12.9. The van der Waals surface area contributed by atoms with Gasteiger partial charge in [-0.25, -0.2) is 4.79 Å². The van der Waals surface area contributed by atoms with Crippen LogP contribution in [0.5, 0.6) is 0 Å².